The van der Waals surface area contributed by atoms with Crippen LogP contribution in [0, 0.1) is 0 Å². The molecule has 26 heteroatoms. The zero-order valence-corrected chi connectivity index (χ0v) is 55.2. The molecule has 0 fully saturated rings. The van der Waals surface area contributed by atoms with Gasteiger partial charge in [0, 0.05) is 58.2 Å². The Bertz CT molecular complexity index is 2090. The van der Waals surface area contributed by atoms with E-state index in [2.05, 4.69) is 84.7 Å². The average Bonchev–Trinajstić information content (AvgIpc) is 1.05. The Balaban J connectivity index is -0.0000000310. The van der Waals surface area contributed by atoms with Crippen LogP contribution in [0.2, 0.25) is 0 Å². The molecule has 0 aromatic heterocycles. The number of carbonyl (C=O) groups is 10. The highest BCUT2D eigenvalue weighted by atomic mass is 16.6. The molecule has 0 amide bonds. The average molecular weight is 1500 g/mol. The maximum absolute atomic E-state index is 11.0. The van der Waals surface area contributed by atoms with Gasteiger partial charge in [-0.3, -0.25) is 19.6 Å². The van der Waals surface area contributed by atoms with Crippen molar-refractivity contribution in [2.75, 3.05) is 137 Å². The van der Waals surface area contributed by atoms with Crippen LogP contribution in [0.3, 0.4) is 0 Å². The van der Waals surface area contributed by atoms with E-state index in [0.717, 1.165) is 56.3 Å². The molecule has 0 aliphatic carbocycles. The summed E-state index contributed by atoms with van der Waals surface area (Å²) in [5, 5.41) is 0. The van der Waals surface area contributed by atoms with Crippen LogP contribution in [0.1, 0.15) is 194 Å². The standard InChI is InChI=1S/C11H17NO4.C9H13NO4.C8H15NO2.2C7H13NO2.C7H12O2.C6H11NO2.C6H10O2.16CH4/c1-8(2)10(13)15-6-12(5)7-16-11(14)9(3)4;1-4-8(11)13-6-10(3)7-14-9(12)5-2;1-5-9(4)6-11-8(10)7(2)3;1-6(2)7(9)10-5-8(3)4;1-4-7(9)10-6-8(3)5-2;1-4-5-9-7(8)6(2)3;1-4-6(8)9-5-7(2)3;1-3-5-8-6(7)4-2;;;;;;;;;;;;;;;;/h1,3,6-7H2,2,4-5H3;4-5H,1-2,6-7H2,3H3;2,5-6H2,1,3-4H3;1,5H2,2-4H3;4H,1,5-6H2,2-3H3;2,4-5H2,1,3H3;4H,1,5H2,2-3H3;4H,2-3,5H2,1H3;16*1H4. The summed E-state index contributed by atoms with van der Waals surface area (Å²) in [6.45, 7) is 53.5. The van der Waals surface area contributed by atoms with Crippen LogP contribution in [0.15, 0.2) is 124 Å². The molecule has 0 radical (unpaired) electrons. The summed E-state index contributed by atoms with van der Waals surface area (Å²) >= 11 is 0. The summed E-state index contributed by atoms with van der Waals surface area (Å²) in [6.07, 6.45) is 7.30. The molecule has 0 spiro atoms. The normalized spacial score (nSPS) is 7.87. The zero-order chi connectivity index (χ0) is 69.6. The number of nitrogens with zero attached hydrogens (tertiary/aromatic N) is 6. The SMILES string of the molecule is C.C.C.C.C.C.C.C.C.C.C.C.C.C.C.C.C=C(C)C(=O)OCCC.C=C(C)C(=O)OCN(C)C.C=C(C)C(=O)OCN(C)CC.C=C(C)C(=O)OCN(C)COC(=O)C(=C)C.C=CC(=O)OCCC.C=CC(=O)OCN(C)C.C=CC(=O)OCN(C)CC.C=CC(=O)OCN(C)COC(=O)C=C. The van der Waals surface area contributed by atoms with Crippen LogP contribution in [-0.4, -0.2) is 226 Å². The van der Waals surface area contributed by atoms with Crippen molar-refractivity contribution >= 4 is 59.7 Å². The maximum Gasteiger partial charge on any atom is 0.334 e. The van der Waals surface area contributed by atoms with E-state index >= 15 is 0 Å². The van der Waals surface area contributed by atoms with Crippen molar-refractivity contribution in [1.82, 2.24) is 29.4 Å². The zero-order valence-electron chi connectivity index (χ0n) is 55.2. The van der Waals surface area contributed by atoms with E-state index in [1.807, 2.05) is 79.8 Å². The van der Waals surface area contributed by atoms with Gasteiger partial charge in [-0.15, -0.1) is 0 Å². The number of rotatable bonds is 32. The van der Waals surface area contributed by atoms with Crippen molar-refractivity contribution in [3.8, 4) is 0 Å². The first-order chi connectivity index (χ1) is 40.4. The van der Waals surface area contributed by atoms with Gasteiger partial charge in [0.2, 0.25) is 0 Å². The number of ether oxygens (including phenoxy) is 10. The van der Waals surface area contributed by atoms with Crippen molar-refractivity contribution in [3.05, 3.63) is 124 Å². The Morgan fingerprint density at radius 1 is 0.252 bits per heavy atom. The molecule has 626 valence electrons. The van der Waals surface area contributed by atoms with Crippen LogP contribution in [0.4, 0.5) is 0 Å². The Labute approximate surface area is 636 Å². The fourth-order valence-electron chi connectivity index (χ4n) is 2.97. The largest absolute Gasteiger partial charge is 0.463 e. The lowest BCUT2D eigenvalue weighted by molar-refractivity contribution is -0.152. The predicted octanol–water partition coefficient (Wildman–Crippen LogP) is 16.7. The molecule has 0 rings (SSSR count). The minimum Gasteiger partial charge on any atom is -0.463 e. The first-order valence-corrected chi connectivity index (χ1v) is 26.5. The van der Waals surface area contributed by atoms with Gasteiger partial charge in [0.15, 0.2) is 0 Å². The second-order valence-corrected chi connectivity index (χ2v) is 18.1. The molecule has 0 saturated carbocycles. The summed E-state index contributed by atoms with van der Waals surface area (Å²) < 4.78 is 47.2. The van der Waals surface area contributed by atoms with Gasteiger partial charge < -0.3 is 47.4 Å². The first kappa shape index (κ1) is 166. The van der Waals surface area contributed by atoms with Gasteiger partial charge in [-0.1, -0.05) is 212 Å². The molecule has 0 unspecified atom stereocenters. The van der Waals surface area contributed by atoms with Gasteiger partial charge in [-0.05, 0) is 117 Å². The Kier molecular flexibility index (Phi) is 186. The van der Waals surface area contributed by atoms with Crippen molar-refractivity contribution in [1.29, 1.82) is 0 Å². The quantitative estimate of drug-likeness (QED) is 0.0262. The van der Waals surface area contributed by atoms with Crippen LogP contribution < -0.4 is 0 Å². The highest BCUT2D eigenvalue weighted by Crippen LogP contribution is 1.98. The predicted molar refractivity (Wildman–Crippen MR) is 442 cm³/mol. The molecule has 103 heavy (non-hydrogen) atoms. The Morgan fingerprint density at radius 2 is 0.408 bits per heavy atom. The molecule has 0 saturated heterocycles. The van der Waals surface area contributed by atoms with E-state index in [0.29, 0.717) is 68.0 Å². The lowest BCUT2D eigenvalue weighted by atomic mass is 10.4. The van der Waals surface area contributed by atoms with Crippen LogP contribution in [0.5, 0.6) is 0 Å². The van der Waals surface area contributed by atoms with Gasteiger partial charge in [-0.25, -0.2) is 57.7 Å². The Morgan fingerprint density at radius 3 is 0.602 bits per heavy atom. The molecule has 0 aliphatic rings. The monoisotopic (exact) mass is 1500 g/mol. The number of hydrogen-bond acceptors (Lipinski definition) is 26. The van der Waals surface area contributed by atoms with Gasteiger partial charge >= 0.3 is 59.7 Å². The lowest BCUT2D eigenvalue weighted by Crippen LogP contribution is -2.28. The van der Waals surface area contributed by atoms with Crippen molar-refractivity contribution in [3.63, 3.8) is 0 Å². The number of carbonyl (C=O) groups excluding carboxylic acids is 10. The molecule has 0 aliphatic heterocycles. The lowest BCUT2D eigenvalue weighted by Gasteiger charge is -2.16. The molecule has 0 N–H and O–H groups in total. The fourth-order valence-corrected chi connectivity index (χ4v) is 2.97. The summed E-state index contributed by atoms with van der Waals surface area (Å²) in [7, 11) is 14.3. The molecule has 26 nitrogen and oxygen atoms in total. The van der Waals surface area contributed by atoms with Gasteiger partial charge in [0.1, 0.15) is 53.8 Å². The van der Waals surface area contributed by atoms with Crippen molar-refractivity contribution in [2.45, 2.75) is 194 Å². The first-order valence-electron chi connectivity index (χ1n) is 26.5. The number of esters is 10. The van der Waals surface area contributed by atoms with E-state index in [-0.39, 0.29) is 182 Å². The molecular formula is C77H168N6O20. The molecule has 0 aromatic carbocycles. The maximum atomic E-state index is 11.0. The van der Waals surface area contributed by atoms with Crippen LogP contribution in [-0.2, 0) is 95.3 Å². The third-order valence-corrected chi connectivity index (χ3v) is 7.99. The third kappa shape index (κ3) is 145. The van der Waals surface area contributed by atoms with Crippen molar-refractivity contribution < 1.29 is 95.3 Å². The third-order valence-electron chi connectivity index (χ3n) is 7.99. The smallest absolute Gasteiger partial charge is 0.334 e. The molecule has 0 heterocycles. The summed E-state index contributed by atoms with van der Waals surface area (Å²) in [5.41, 5.74) is 1.99. The second-order valence-electron chi connectivity index (χ2n) is 18.1. The summed E-state index contributed by atoms with van der Waals surface area (Å²) in [5.74, 6) is -4.05. The number of hydrogen-bond donors (Lipinski definition) is 0. The fraction of sp³-hybridized carbons (Fsp3) is 0.610. The Hall–Kier alpha value is -8.14. The van der Waals surface area contributed by atoms with Gasteiger partial charge in [0.05, 0.1) is 13.2 Å². The molecule has 0 aromatic rings. The highest BCUT2D eigenvalue weighted by molar-refractivity contribution is 5.89. The summed E-state index contributed by atoms with van der Waals surface area (Å²) in [6, 6.07) is 0. The minimum atomic E-state index is -0.521. The molecule has 0 atom stereocenters. The summed E-state index contributed by atoms with van der Waals surface area (Å²) in [4.78, 5) is 117. The minimum absolute atomic E-state index is 0. The van der Waals surface area contributed by atoms with Crippen LogP contribution >= 0.6 is 0 Å². The van der Waals surface area contributed by atoms with Gasteiger partial charge in [0.25, 0.3) is 0 Å². The van der Waals surface area contributed by atoms with Crippen LogP contribution in [0.25, 0.3) is 0 Å². The molecular weight excluding hydrogens is 1330 g/mol. The van der Waals surface area contributed by atoms with Gasteiger partial charge in [-0.2, -0.15) is 0 Å². The van der Waals surface area contributed by atoms with Crippen molar-refractivity contribution in [2.24, 2.45) is 0 Å². The van der Waals surface area contributed by atoms with E-state index in [9.17, 15) is 47.9 Å². The highest BCUT2D eigenvalue weighted by Gasteiger charge is 2.09. The second kappa shape index (κ2) is 115. The van der Waals surface area contributed by atoms with E-state index in [1.54, 1.807) is 58.5 Å². The van der Waals surface area contributed by atoms with E-state index in [4.69, 9.17) is 28.4 Å². The van der Waals surface area contributed by atoms with E-state index in [1.165, 1.54) is 9.80 Å². The van der Waals surface area contributed by atoms with E-state index < -0.39 is 23.9 Å². The molecule has 0 bridgehead atoms. The topological polar surface area (TPSA) is 282 Å².